The van der Waals surface area contributed by atoms with Crippen molar-refractivity contribution in [2.45, 2.75) is 33.4 Å². The van der Waals surface area contributed by atoms with Crippen molar-refractivity contribution in [3.05, 3.63) is 45.4 Å². The van der Waals surface area contributed by atoms with Gasteiger partial charge in [0.15, 0.2) is 0 Å². The van der Waals surface area contributed by atoms with E-state index in [0.717, 1.165) is 41.1 Å². The molecule has 5 heteroatoms. The molecule has 0 N–H and O–H groups in total. The first-order chi connectivity index (χ1) is 9.51. The van der Waals surface area contributed by atoms with Gasteiger partial charge in [-0.25, -0.2) is 0 Å². The quantitative estimate of drug-likeness (QED) is 0.841. The van der Waals surface area contributed by atoms with Crippen LogP contribution in [-0.4, -0.2) is 26.7 Å². The van der Waals surface area contributed by atoms with E-state index in [1.54, 1.807) is 0 Å². The summed E-state index contributed by atoms with van der Waals surface area (Å²) >= 11 is 3.66. The number of pyridine rings is 1. The summed E-state index contributed by atoms with van der Waals surface area (Å²) in [5.41, 5.74) is 4.48. The molecule has 4 nitrogen and oxygen atoms in total. The molecule has 0 spiro atoms. The third-order valence-electron chi connectivity index (χ3n) is 3.30. The van der Waals surface area contributed by atoms with Gasteiger partial charge in [0, 0.05) is 25.8 Å². The lowest BCUT2D eigenvalue weighted by Crippen LogP contribution is -2.20. The van der Waals surface area contributed by atoms with Crippen LogP contribution in [0.2, 0.25) is 0 Å². The lowest BCUT2D eigenvalue weighted by atomic mass is 10.2. The Hall–Kier alpha value is -1.20. The first-order valence-electron chi connectivity index (χ1n) is 6.82. The number of aromatic nitrogens is 3. The summed E-state index contributed by atoms with van der Waals surface area (Å²) in [5.74, 6) is 0. The number of halogens is 1. The summed E-state index contributed by atoms with van der Waals surface area (Å²) in [4.78, 5) is 6.80. The van der Waals surface area contributed by atoms with Gasteiger partial charge < -0.3 is 0 Å². The molecule has 0 aliphatic carbocycles. The van der Waals surface area contributed by atoms with E-state index in [0.29, 0.717) is 0 Å². The SMILES string of the molecule is CCc1nn(C)c(CN(C)Cc2cccc(C)n2)c1Br. The zero-order valence-corrected chi connectivity index (χ0v) is 14.1. The van der Waals surface area contributed by atoms with Crippen molar-refractivity contribution in [2.75, 3.05) is 7.05 Å². The van der Waals surface area contributed by atoms with Crippen molar-refractivity contribution in [3.8, 4) is 0 Å². The maximum absolute atomic E-state index is 4.55. The Morgan fingerprint density at radius 2 is 2.05 bits per heavy atom. The van der Waals surface area contributed by atoms with E-state index in [1.807, 2.05) is 24.7 Å². The summed E-state index contributed by atoms with van der Waals surface area (Å²) in [5, 5.41) is 4.53. The van der Waals surface area contributed by atoms with Crippen LogP contribution < -0.4 is 0 Å². The summed E-state index contributed by atoms with van der Waals surface area (Å²) in [6, 6.07) is 6.15. The molecule has 108 valence electrons. The molecular weight excluding hydrogens is 316 g/mol. The fraction of sp³-hybridized carbons (Fsp3) is 0.467. The molecule has 0 amide bonds. The van der Waals surface area contributed by atoms with Crippen LogP contribution in [-0.2, 0) is 26.6 Å². The van der Waals surface area contributed by atoms with Crippen LogP contribution in [0, 0.1) is 6.92 Å². The predicted octanol–water partition coefficient (Wildman–Crippen LogP) is 3.08. The fourth-order valence-corrected chi connectivity index (χ4v) is 3.01. The number of aryl methyl sites for hydroxylation is 3. The van der Waals surface area contributed by atoms with Crippen molar-refractivity contribution >= 4 is 15.9 Å². The zero-order chi connectivity index (χ0) is 14.7. The van der Waals surface area contributed by atoms with Crippen LogP contribution in [0.5, 0.6) is 0 Å². The smallest absolute Gasteiger partial charge is 0.0767 e. The van der Waals surface area contributed by atoms with Crippen molar-refractivity contribution in [2.24, 2.45) is 7.05 Å². The van der Waals surface area contributed by atoms with Gasteiger partial charge in [-0.2, -0.15) is 5.10 Å². The molecule has 0 aliphatic heterocycles. The lowest BCUT2D eigenvalue weighted by molar-refractivity contribution is 0.305. The van der Waals surface area contributed by atoms with Crippen molar-refractivity contribution < 1.29 is 0 Å². The van der Waals surface area contributed by atoms with E-state index in [9.17, 15) is 0 Å². The van der Waals surface area contributed by atoms with Gasteiger partial charge in [-0.3, -0.25) is 14.6 Å². The van der Waals surface area contributed by atoms with Gasteiger partial charge in [-0.05, 0) is 48.5 Å². The topological polar surface area (TPSA) is 34.0 Å². The van der Waals surface area contributed by atoms with Gasteiger partial charge >= 0.3 is 0 Å². The Kier molecular flexibility index (Phi) is 4.94. The van der Waals surface area contributed by atoms with Crippen LogP contribution in [0.4, 0.5) is 0 Å². The highest BCUT2D eigenvalue weighted by Gasteiger charge is 2.14. The molecule has 0 fully saturated rings. The van der Waals surface area contributed by atoms with Crippen molar-refractivity contribution in [3.63, 3.8) is 0 Å². The molecule has 2 heterocycles. The maximum atomic E-state index is 4.55. The third kappa shape index (κ3) is 3.46. The van der Waals surface area contributed by atoms with Crippen LogP contribution >= 0.6 is 15.9 Å². The Balaban J connectivity index is 2.08. The second-order valence-corrected chi connectivity index (χ2v) is 5.92. The number of hydrogen-bond acceptors (Lipinski definition) is 3. The Labute approximate surface area is 128 Å². The highest BCUT2D eigenvalue weighted by Crippen LogP contribution is 2.22. The van der Waals surface area contributed by atoms with E-state index < -0.39 is 0 Å². The van der Waals surface area contributed by atoms with Gasteiger partial charge in [0.1, 0.15) is 0 Å². The molecule has 0 aromatic carbocycles. The highest BCUT2D eigenvalue weighted by atomic mass is 79.9. The zero-order valence-electron chi connectivity index (χ0n) is 12.5. The molecular formula is C15H21BrN4. The van der Waals surface area contributed by atoms with Crippen molar-refractivity contribution in [1.29, 1.82) is 0 Å². The van der Waals surface area contributed by atoms with E-state index in [2.05, 4.69) is 57.0 Å². The summed E-state index contributed by atoms with van der Waals surface area (Å²) < 4.78 is 3.09. The van der Waals surface area contributed by atoms with E-state index in [-0.39, 0.29) is 0 Å². The van der Waals surface area contributed by atoms with Gasteiger partial charge in [0.25, 0.3) is 0 Å². The number of hydrogen-bond donors (Lipinski definition) is 0. The maximum Gasteiger partial charge on any atom is 0.0767 e. The van der Waals surface area contributed by atoms with E-state index in [4.69, 9.17) is 0 Å². The first kappa shape index (κ1) is 15.2. The molecule has 0 bridgehead atoms. The minimum atomic E-state index is 0.834. The molecule has 0 saturated carbocycles. The molecule has 2 aromatic heterocycles. The third-order valence-corrected chi connectivity index (χ3v) is 4.22. The first-order valence-corrected chi connectivity index (χ1v) is 7.62. The second-order valence-electron chi connectivity index (χ2n) is 5.13. The number of nitrogens with zero attached hydrogens (tertiary/aromatic N) is 4. The Morgan fingerprint density at radius 1 is 1.30 bits per heavy atom. The summed E-state index contributed by atoms with van der Waals surface area (Å²) in [6.07, 6.45) is 0.942. The molecule has 0 atom stereocenters. The molecule has 0 radical (unpaired) electrons. The Bertz CT molecular complexity index is 592. The fourth-order valence-electron chi connectivity index (χ4n) is 2.27. The Morgan fingerprint density at radius 3 is 2.65 bits per heavy atom. The second kappa shape index (κ2) is 6.50. The molecule has 2 aromatic rings. The largest absolute Gasteiger partial charge is 0.295 e. The number of rotatable bonds is 5. The van der Waals surface area contributed by atoms with Crippen LogP contribution in [0.3, 0.4) is 0 Å². The van der Waals surface area contributed by atoms with Crippen molar-refractivity contribution in [1.82, 2.24) is 19.7 Å². The van der Waals surface area contributed by atoms with Gasteiger partial charge in [-0.15, -0.1) is 0 Å². The van der Waals surface area contributed by atoms with Crippen LogP contribution in [0.1, 0.15) is 29.7 Å². The lowest BCUT2D eigenvalue weighted by Gasteiger charge is -2.16. The summed E-state index contributed by atoms with van der Waals surface area (Å²) in [7, 11) is 4.10. The minimum Gasteiger partial charge on any atom is -0.295 e. The van der Waals surface area contributed by atoms with Gasteiger partial charge in [0.2, 0.25) is 0 Å². The van der Waals surface area contributed by atoms with E-state index >= 15 is 0 Å². The average Bonchev–Trinajstić information content (AvgIpc) is 2.66. The van der Waals surface area contributed by atoms with Gasteiger partial charge in [0.05, 0.1) is 21.6 Å². The highest BCUT2D eigenvalue weighted by molar-refractivity contribution is 9.10. The predicted molar refractivity (Wildman–Crippen MR) is 84.4 cm³/mol. The molecule has 0 aliphatic rings. The standard InChI is InChI=1S/C15H21BrN4/c1-5-13-15(16)14(20(4)18-13)10-19(3)9-12-8-6-7-11(2)17-12/h6-8H,5,9-10H2,1-4H3. The normalized spacial score (nSPS) is 11.3. The van der Waals surface area contributed by atoms with E-state index in [1.165, 1.54) is 5.69 Å². The average molecular weight is 337 g/mol. The molecule has 0 saturated heterocycles. The minimum absolute atomic E-state index is 0.834. The van der Waals surface area contributed by atoms with Crippen LogP contribution in [0.25, 0.3) is 0 Å². The molecule has 2 rings (SSSR count). The monoisotopic (exact) mass is 336 g/mol. The molecule has 20 heavy (non-hydrogen) atoms. The van der Waals surface area contributed by atoms with Crippen LogP contribution in [0.15, 0.2) is 22.7 Å². The summed E-state index contributed by atoms with van der Waals surface area (Å²) in [6.45, 7) is 5.83. The molecule has 0 unspecified atom stereocenters. The van der Waals surface area contributed by atoms with Gasteiger partial charge in [-0.1, -0.05) is 13.0 Å².